The molecule has 0 aromatic rings. The van der Waals surface area contributed by atoms with Crippen LogP contribution < -0.4 is 5.43 Å². The van der Waals surface area contributed by atoms with Gasteiger partial charge < -0.3 is 23.7 Å². The summed E-state index contributed by atoms with van der Waals surface area (Å²) in [6.07, 6.45) is -4.85. The fourth-order valence-corrected chi connectivity index (χ4v) is 2.79. The van der Waals surface area contributed by atoms with Crippen LogP contribution in [0, 0.1) is 0 Å². The van der Waals surface area contributed by atoms with Gasteiger partial charge in [-0.15, -0.1) is 0 Å². The second-order valence-corrected chi connectivity index (χ2v) is 7.03. The third-order valence-corrected chi connectivity index (χ3v) is 3.85. The van der Waals surface area contributed by atoms with Gasteiger partial charge in [-0.1, -0.05) is 0 Å². The molecule has 4 atom stereocenters. The molecule has 0 aliphatic rings. The molecule has 0 aromatic carbocycles. The van der Waals surface area contributed by atoms with Gasteiger partial charge in [-0.2, -0.15) is 0 Å². The van der Waals surface area contributed by atoms with E-state index in [1.165, 1.54) is 0 Å². The van der Waals surface area contributed by atoms with Crippen molar-refractivity contribution >= 4 is 41.7 Å². The molecule has 0 aliphatic heterocycles. The molecule has 0 saturated carbocycles. The Kier molecular flexibility index (Phi) is 12.9. The molecule has 0 rings (SSSR count). The summed E-state index contributed by atoms with van der Waals surface area (Å²) >= 11 is 0. The minimum atomic E-state index is -1.67. The van der Waals surface area contributed by atoms with Crippen LogP contribution in [0.3, 0.4) is 0 Å². The lowest BCUT2D eigenvalue weighted by atomic mass is 9.99. The van der Waals surface area contributed by atoms with E-state index in [1.807, 2.05) is 0 Å². The highest BCUT2D eigenvalue weighted by Gasteiger charge is 2.46. The number of esters is 5. The lowest BCUT2D eigenvalue weighted by Gasteiger charge is -2.39. The van der Waals surface area contributed by atoms with E-state index in [1.54, 1.807) is 0 Å². The maximum Gasteiger partial charge on any atom is 0.303 e. The zero-order chi connectivity index (χ0) is 26.6. The number of amides is 2. The molecular weight excluding hydrogens is 460 g/mol. The van der Waals surface area contributed by atoms with Crippen LogP contribution in [0.1, 0.15) is 48.5 Å². The first-order chi connectivity index (χ1) is 15.6. The molecular formula is C20H30N2O12. The minimum absolute atomic E-state index is 0.620. The Morgan fingerprint density at radius 3 is 1.44 bits per heavy atom. The van der Waals surface area contributed by atoms with Gasteiger partial charge in [-0.25, -0.2) is 5.01 Å². The SMILES string of the molecule is CC(=O)NN(C(C)=O)[C@@H](COC(C)=O)[C@H](OC(C)=O)[C@H](OC(C)=O)[C@@H](COC(C)=O)OC(C)=O. The fourth-order valence-electron chi connectivity index (χ4n) is 2.79. The highest BCUT2D eigenvalue weighted by molar-refractivity contribution is 5.80. The number of nitrogens with zero attached hydrogens (tertiary/aromatic N) is 1. The van der Waals surface area contributed by atoms with E-state index in [2.05, 4.69) is 5.43 Å². The molecule has 0 radical (unpaired) electrons. The van der Waals surface area contributed by atoms with Gasteiger partial charge in [0.25, 0.3) is 0 Å². The summed E-state index contributed by atoms with van der Waals surface area (Å²) in [4.78, 5) is 82.4. The van der Waals surface area contributed by atoms with Crippen molar-refractivity contribution in [3.05, 3.63) is 0 Å². The summed E-state index contributed by atoms with van der Waals surface area (Å²) in [6, 6.07) is -1.46. The Labute approximate surface area is 196 Å². The molecule has 0 fully saturated rings. The predicted molar refractivity (Wildman–Crippen MR) is 110 cm³/mol. The molecule has 192 valence electrons. The standard InChI is InChI=1S/C20H30N2O12/c1-10(23)21-22(11(2)24)17(8-30-12(3)25)19(33-15(6)28)20(34-16(7)29)18(32-14(5)27)9-31-13(4)26/h17-20H,8-9H2,1-7H3,(H,21,23)/t17-,18+,19-,20+/m0/s1. The number of hydrogen-bond acceptors (Lipinski definition) is 12. The molecule has 34 heavy (non-hydrogen) atoms. The molecule has 14 nitrogen and oxygen atoms in total. The second kappa shape index (κ2) is 14.4. The van der Waals surface area contributed by atoms with Crippen LogP contribution >= 0.6 is 0 Å². The van der Waals surface area contributed by atoms with Crippen LogP contribution in [-0.2, 0) is 57.2 Å². The third kappa shape index (κ3) is 11.8. The van der Waals surface area contributed by atoms with Gasteiger partial charge in [0.2, 0.25) is 11.8 Å². The molecule has 14 heteroatoms. The Hall–Kier alpha value is -3.71. The van der Waals surface area contributed by atoms with Gasteiger partial charge in [-0.05, 0) is 0 Å². The monoisotopic (exact) mass is 490 g/mol. The van der Waals surface area contributed by atoms with Crippen molar-refractivity contribution in [3.8, 4) is 0 Å². The van der Waals surface area contributed by atoms with Gasteiger partial charge in [-0.3, -0.25) is 39.0 Å². The van der Waals surface area contributed by atoms with Crippen LogP contribution in [0.15, 0.2) is 0 Å². The van der Waals surface area contributed by atoms with E-state index < -0.39 is 79.2 Å². The molecule has 2 amide bonds. The number of hydrogen-bond donors (Lipinski definition) is 1. The maximum absolute atomic E-state index is 12.3. The summed E-state index contributed by atoms with van der Waals surface area (Å²) in [5.74, 6) is -5.71. The number of carbonyl (C=O) groups is 7. The van der Waals surface area contributed by atoms with E-state index in [0.717, 1.165) is 48.5 Å². The number of nitrogens with one attached hydrogen (secondary N) is 1. The van der Waals surface area contributed by atoms with Crippen molar-refractivity contribution in [2.75, 3.05) is 13.2 Å². The molecule has 0 aliphatic carbocycles. The normalized spacial score (nSPS) is 13.7. The van der Waals surface area contributed by atoms with E-state index in [0.29, 0.717) is 5.01 Å². The van der Waals surface area contributed by atoms with Crippen molar-refractivity contribution in [1.82, 2.24) is 10.4 Å². The van der Waals surface area contributed by atoms with Gasteiger partial charge in [0, 0.05) is 48.5 Å². The highest BCUT2D eigenvalue weighted by Crippen LogP contribution is 2.21. The van der Waals surface area contributed by atoms with Crippen LogP contribution in [0.4, 0.5) is 0 Å². The number of carbonyl (C=O) groups excluding carboxylic acids is 7. The van der Waals surface area contributed by atoms with Crippen LogP contribution in [-0.4, -0.2) is 84.2 Å². The Bertz CT molecular complexity index is 796. The summed E-state index contributed by atoms with van der Waals surface area (Å²) in [5, 5.41) is 0.714. The smallest absolute Gasteiger partial charge is 0.303 e. The average molecular weight is 490 g/mol. The summed E-state index contributed by atoms with van der Waals surface area (Å²) in [7, 11) is 0. The van der Waals surface area contributed by atoms with Crippen molar-refractivity contribution in [3.63, 3.8) is 0 Å². The van der Waals surface area contributed by atoms with E-state index in [-0.39, 0.29) is 0 Å². The van der Waals surface area contributed by atoms with Crippen molar-refractivity contribution in [1.29, 1.82) is 0 Å². The summed E-state index contributed by atoms with van der Waals surface area (Å²) in [5.41, 5.74) is 2.22. The van der Waals surface area contributed by atoms with Crippen LogP contribution in [0.2, 0.25) is 0 Å². The second-order valence-electron chi connectivity index (χ2n) is 7.03. The Morgan fingerprint density at radius 1 is 0.618 bits per heavy atom. The van der Waals surface area contributed by atoms with Crippen molar-refractivity contribution < 1.29 is 57.2 Å². The van der Waals surface area contributed by atoms with Gasteiger partial charge in [0.1, 0.15) is 19.3 Å². The lowest BCUT2D eigenvalue weighted by Crippen LogP contribution is -2.63. The van der Waals surface area contributed by atoms with Gasteiger partial charge in [0.05, 0.1) is 0 Å². The Balaban J connectivity index is 6.74. The fraction of sp³-hybridized carbons (Fsp3) is 0.650. The predicted octanol–water partition coefficient (Wildman–Crippen LogP) is -0.824. The van der Waals surface area contributed by atoms with E-state index in [9.17, 15) is 33.6 Å². The largest absolute Gasteiger partial charge is 0.463 e. The lowest BCUT2D eigenvalue weighted by molar-refractivity contribution is -0.199. The topological polar surface area (TPSA) is 181 Å². The number of hydrazine groups is 1. The molecule has 1 N–H and O–H groups in total. The molecule has 0 unspecified atom stereocenters. The number of ether oxygens (including phenoxy) is 5. The third-order valence-electron chi connectivity index (χ3n) is 3.85. The van der Waals surface area contributed by atoms with Crippen LogP contribution in [0.25, 0.3) is 0 Å². The first-order valence-corrected chi connectivity index (χ1v) is 10.0. The summed E-state index contributed by atoms with van der Waals surface area (Å²) in [6.45, 7) is 6.08. The molecule has 0 heterocycles. The van der Waals surface area contributed by atoms with E-state index in [4.69, 9.17) is 23.7 Å². The van der Waals surface area contributed by atoms with Gasteiger partial charge in [0.15, 0.2) is 18.3 Å². The summed E-state index contributed by atoms with van der Waals surface area (Å²) < 4.78 is 25.6. The Morgan fingerprint density at radius 2 is 1.06 bits per heavy atom. The zero-order valence-electron chi connectivity index (χ0n) is 20.1. The first-order valence-electron chi connectivity index (χ1n) is 10.0. The minimum Gasteiger partial charge on any atom is -0.463 e. The highest BCUT2D eigenvalue weighted by atomic mass is 16.6. The molecule has 0 bridgehead atoms. The quantitative estimate of drug-likeness (QED) is 0.216. The maximum atomic E-state index is 12.3. The molecule has 0 spiro atoms. The molecule has 0 saturated heterocycles. The van der Waals surface area contributed by atoms with Crippen molar-refractivity contribution in [2.24, 2.45) is 0 Å². The zero-order valence-corrected chi connectivity index (χ0v) is 20.1. The van der Waals surface area contributed by atoms with Crippen molar-refractivity contribution in [2.45, 2.75) is 72.8 Å². The van der Waals surface area contributed by atoms with Crippen LogP contribution in [0.5, 0.6) is 0 Å². The molecule has 0 aromatic heterocycles. The average Bonchev–Trinajstić information content (AvgIpc) is 2.66. The van der Waals surface area contributed by atoms with Gasteiger partial charge >= 0.3 is 29.8 Å². The van der Waals surface area contributed by atoms with E-state index >= 15 is 0 Å². The first kappa shape index (κ1) is 30.3. The number of rotatable bonds is 11.